The molecule has 0 saturated heterocycles. The largest absolute Gasteiger partial charge is 0.598 e. The lowest BCUT2D eigenvalue weighted by molar-refractivity contribution is -0.206. The Kier molecular flexibility index (Phi) is 6.36. The zero-order valence-electron chi connectivity index (χ0n) is 14.7. The van der Waals surface area contributed by atoms with E-state index in [-0.39, 0.29) is 18.5 Å². The fourth-order valence-electron chi connectivity index (χ4n) is 2.72. The number of nitrogens with one attached hydrogen (secondary N) is 1. The standard InChI is InChI=1S/C16H19ClF6N2OS/c1-14(2,3)27(26)25-12(8-6-9(7-8)15(18,19)20)11-5-4-10(17)13(24-11)16(21,22)23/h4-5,8-9,12,25H,6-7H2,1-3H3/t8?,9?,12-,27-/m1/s1. The van der Waals surface area contributed by atoms with Gasteiger partial charge in [-0.05, 0) is 51.7 Å². The summed E-state index contributed by atoms with van der Waals surface area (Å²) in [4.78, 5) is 3.53. The van der Waals surface area contributed by atoms with Crippen molar-refractivity contribution in [1.29, 1.82) is 0 Å². The molecule has 1 fully saturated rings. The van der Waals surface area contributed by atoms with Gasteiger partial charge in [-0.2, -0.15) is 26.3 Å². The third-order valence-electron chi connectivity index (χ3n) is 4.35. The van der Waals surface area contributed by atoms with Gasteiger partial charge in [-0.3, -0.25) is 0 Å². The summed E-state index contributed by atoms with van der Waals surface area (Å²) in [6.45, 7) is 4.93. The topological polar surface area (TPSA) is 48.0 Å². The molecule has 1 aromatic heterocycles. The molecule has 1 aliphatic rings. The van der Waals surface area contributed by atoms with Gasteiger partial charge in [0, 0.05) is 11.4 Å². The van der Waals surface area contributed by atoms with Crippen molar-refractivity contribution in [3.63, 3.8) is 0 Å². The first-order chi connectivity index (χ1) is 12.1. The summed E-state index contributed by atoms with van der Waals surface area (Å²) in [7, 11) is 0. The minimum atomic E-state index is -4.81. The number of pyridine rings is 1. The zero-order chi connectivity index (χ0) is 20.8. The van der Waals surface area contributed by atoms with Gasteiger partial charge in [-0.15, -0.1) is 4.72 Å². The second-order valence-electron chi connectivity index (χ2n) is 7.51. The molecule has 0 unspecified atom stereocenters. The third kappa shape index (κ3) is 5.42. The van der Waals surface area contributed by atoms with Crippen LogP contribution in [0.4, 0.5) is 26.3 Å². The predicted octanol–water partition coefficient (Wildman–Crippen LogP) is 5.44. The second-order valence-corrected chi connectivity index (χ2v) is 9.92. The highest BCUT2D eigenvalue weighted by Gasteiger charge is 2.51. The van der Waals surface area contributed by atoms with E-state index in [2.05, 4.69) is 9.71 Å². The summed E-state index contributed by atoms with van der Waals surface area (Å²) >= 11 is 3.86. The van der Waals surface area contributed by atoms with Crippen molar-refractivity contribution < 1.29 is 30.9 Å². The van der Waals surface area contributed by atoms with Gasteiger partial charge < -0.3 is 4.55 Å². The highest BCUT2D eigenvalue weighted by Crippen LogP contribution is 2.50. The first-order valence-corrected chi connectivity index (χ1v) is 9.62. The van der Waals surface area contributed by atoms with E-state index in [1.54, 1.807) is 20.8 Å². The maximum Gasteiger partial charge on any atom is 0.434 e. The molecular formula is C16H19ClF6N2OS. The van der Waals surface area contributed by atoms with Gasteiger partial charge in [0.15, 0.2) is 5.69 Å². The molecule has 2 rings (SSSR count). The fraction of sp³-hybridized carbons (Fsp3) is 0.688. The van der Waals surface area contributed by atoms with E-state index in [4.69, 9.17) is 11.6 Å². The molecule has 0 bridgehead atoms. The molecule has 0 spiro atoms. The van der Waals surface area contributed by atoms with Crippen molar-refractivity contribution in [3.8, 4) is 0 Å². The van der Waals surface area contributed by atoms with Crippen LogP contribution in [0.25, 0.3) is 0 Å². The van der Waals surface area contributed by atoms with Crippen LogP contribution in [-0.2, 0) is 17.5 Å². The molecule has 1 aliphatic carbocycles. The number of halogens is 7. The van der Waals surface area contributed by atoms with Crippen molar-refractivity contribution in [3.05, 3.63) is 28.5 Å². The highest BCUT2D eigenvalue weighted by molar-refractivity contribution is 7.90. The zero-order valence-corrected chi connectivity index (χ0v) is 16.3. The molecule has 2 atom stereocenters. The van der Waals surface area contributed by atoms with Crippen LogP contribution in [0.1, 0.15) is 51.0 Å². The monoisotopic (exact) mass is 436 g/mol. The molecule has 1 N–H and O–H groups in total. The minimum absolute atomic E-state index is 0.130. The number of nitrogens with zero attached hydrogens (tertiary/aromatic N) is 1. The Labute approximate surface area is 161 Å². The Morgan fingerprint density at radius 3 is 2.15 bits per heavy atom. The molecule has 0 aromatic carbocycles. The molecule has 1 aromatic rings. The van der Waals surface area contributed by atoms with Gasteiger partial charge in [-0.25, -0.2) is 4.98 Å². The van der Waals surface area contributed by atoms with Crippen LogP contribution in [-0.4, -0.2) is 20.5 Å². The number of alkyl halides is 6. The smallest absolute Gasteiger partial charge is 0.434 e. The Bertz CT molecular complexity index is 670. The van der Waals surface area contributed by atoms with E-state index in [0.717, 1.165) is 6.07 Å². The van der Waals surface area contributed by atoms with E-state index in [1.807, 2.05) is 0 Å². The Hall–Kier alpha value is -0.710. The summed E-state index contributed by atoms with van der Waals surface area (Å²) in [5.74, 6) is -2.16. The molecule has 27 heavy (non-hydrogen) atoms. The van der Waals surface area contributed by atoms with E-state index in [1.165, 1.54) is 6.07 Å². The second kappa shape index (κ2) is 7.61. The van der Waals surface area contributed by atoms with E-state index >= 15 is 0 Å². The maximum absolute atomic E-state index is 13.1. The number of hydrogen-bond donors (Lipinski definition) is 1. The maximum atomic E-state index is 13.1. The quantitative estimate of drug-likeness (QED) is 0.505. The first-order valence-electron chi connectivity index (χ1n) is 8.09. The fourth-order valence-corrected chi connectivity index (χ4v) is 3.83. The van der Waals surface area contributed by atoms with Crippen molar-refractivity contribution in [2.75, 3.05) is 0 Å². The van der Waals surface area contributed by atoms with Crippen molar-refractivity contribution in [1.82, 2.24) is 9.71 Å². The average molecular weight is 437 g/mol. The third-order valence-corrected chi connectivity index (χ3v) is 6.24. The van der Waals surface area contributed by atoms with E-state index < -0.39 is 57.1 Å². The van der Waals surface area contributed by atoms with Gasteiger partial charge in [0.2, 0.25) is 0 Å². The van der Waals surface area contributed by atoms with Gasteiger partial charge in [0.1, 0.15) is 4.75 Å². The summed E-state index contributed by atoms with van der Waals surface area (Å²) in [5, 5.41) is -0.608. The van der Waals surface area contributed by atoms with Crippen LogP contribution in [0.5, 0.6) is 0 Å². The lowest BCUT2D eigenvalue weighted by atomic mass is 9.70. The number of rotatable bonds is 4. The van der Waals surface area contributed by atoms with Gasteiger partial charge in [0.25, 0.3) is 0 Å². The number of aromatic nitrogens is 1. The lowest BCUT2D eigenvalue weighted by Crippen LogP contribution is -2.48. The molecule has 1 heterocycles. The molecule has 0 aliphatic heterocycles. The first kappa shape index (κ1) is 22.6. The van der Waals surface area contributed by atoms with E-state index in [9.17, 15) is 30.9 Å². The molecule has 0 radical (unpaired) electrons. The molecule has 11 heteroatoms. The van der Waals surface area contributed by atoms with Gasteiger partial charge in [-0.1, -0.05) is 11.6 Å². The minimum Gasteiger partial charge on any atom is -0.598 e. The van der Waals surface area contributed by atoms with Crippen molar-refractivity contribution in [2.24, 2.45) is 11.8 Å². The Morgan fingerprint density at radius 2 is 1.70 bits per heavy atom. The summed E-state index contributed by atoms with van der Waals surface area (Å²) in [6, 6.07) is 1.21. The van der Waals surface area contributed by atoms with Crippen LogP contribution in [0.3, 0.4) is 0 Å². The molecule has 3 nitrogen and oxygen atoms in total. The van der Waals surface area contributed by atoms with Crippen molar-refractivity contribution in [2.45, 2.75) is 56.8 Å². The molecular weight excluding hydrogens is 418 g/mol. The molecule has 1 saturated carbocycles. The normalized spacial score (nSPS) is 23.7. The van der Waals surface area contributed by atoms with Crippen LogP contribution >= 0.6 is 11.6 Å². The molecule has 154 valence electrons. The average Bonchev–Trinajstić information content (AvgIpc) is 2.41. The predicted molar refractivity (Wildman–Crippen MR) is 90.3 cm³/mol. The number of hydrogen-bond acceptors (Lipinski definition) is 3. The van der Waals surface area contributed by atoms with E-state index in [0.29, 0.717) is 0 Å². The lowest BCUT2D eigenvalue weighted by Gasteiger charge is -2.41. The Morgan fingerprint density at radius 1 is 1.15 bits per heavy atom. The summed E-state index contributed by atoms with van der Waals surface area (Å²) < 4.78 is 92.0. The Balaban J connectivity index is 2.33. The van der Waals surface area contributed by atoms with Crippen LogP contribution in [0.15, 0.2) is 12.1 Å². The van der Waals surface area contributed by atoms with Crippen LogP contribution in [0, 0.1) is 11.8 Å². The van der Waals surface area contributed by atoms with Gasteiger partial charge >= 0.3 is 12.4 Å². The summed E-state index contributed by atoms with van der Waals surface area (Å²) in [5.41, 5.74) is -1.45. The molecule has 0 amide bonds. The van der Waals surface area contributed by atoms with Crippen molar-refractivity contribution >= 4 is 23.0 Å². The van der Waals surface area contributed by atoms with Gasteiger partial charge in [0.05, 0.1) is 22.7 Å². The summed E-state index contributed by atoms with van der Waals surface area (Å²) in [6.07, 6.45) is -9.72. The SMILES string of the molecule is CC(C)(C)[S@@+]([O-])N[C@@H](c1ccc(Cl)c(C(F)(F)F)n1)C1CC(C(F)(F)F)C1. The van der Waals surface area contributed by atoms with Crippen LogP contribution in [0.2, 0.25) is 5.02 Å². The van der Waals surface area contributed by atoms with Crippen LogP contribution < -0.4 is 4.72 Å². The highest BCUT2D eigenvalue weighted by atomic mass is 35.5.